The van der Waals surface area contributed by atoms with E-state index in [1.54, 1.807) is 16.4 Å². The van der Waals surface area contributed by atoms with Crippen molar-refractivity contribution >= 4 is 37.6 Å². The second-order valence-corrected chi connectivity index (χ2v) is 4.56. The molecule has 0 N–H and O–H groups in total. The molecule has 0 saturated heterocycles. The summed E-state index contributed by atoms with van der Waals surface area (Å²) in [7, 11) is 0. The lowest BCUT2D eigenvalue weighted by Gasteiger charge is -1.98. The van der Waals surface area contributed by atoms with E-state index in [-0.39, 0.29) is 0 Å². The molecule has 0 aliphatic rings. The molecule has 3 aromatic rings. The van der Waals surface area contributed by atoms with Crippen LogP contribution in [0.25, 0.3) is 16.2 Å². The Morgan fingerprint density at radius 2 is 2.20 bits per heavy atom. The first kappa shape index (κ1) is 8.93. The molecule has 74 valence electrons. The summed E-state index contributed by atoms with van der Waals surface area (Å²) in [6, 6.07) is 0. The van der Waals surface area contributed by atoms with Gasteiger partial charge in [-0.2, -0.15) is 5.10 Å². The maximum atomic E-state index is 4.22. The SMILES string of the molecule is Brc1cnn(-c2ncnc3scnc23)c1. The van der Waals surface area contributed by atoms with E-state index < -0.39 is 0 Å². The molecule has 7 heteroatoms. The number of thiazole rings is 1. The second kappa shape index (κ2) is 3.35. The van der Waals surface area contributed by atoms with Crippen molar-refractivity contribution in [1.29, 1.82) is 0 Å². The summed E-state index contributed by atoms with van der Waals surface area (Å²) in [5.41, 5.74) is 2.53. The number of rotatable bonds is 1. The molecule has 0 aromatic carbocycles. The van der Waals surface area contributed by atoms with E-state index in [0.717, 1.165) is 14.8 Å². The predicted octanol–water partition coefficient (Wildman–Crippen LogP) is 2.03. The van der Waals surface area contributed by atoms with Gasteiger partial charge in [0, 0.05) is 6.20 Å². The van der Waals surface area contributed by atoms with Gasteiger partial charge in [0.2, 0.25) is 0 Å². The zero-order valence-electron chi connectivity index (χ0n) is 7.33. The molecule has 0 bridgehead atoms. The molecule has 0 fully saturated rings. The lowest BCUT2D eigenvalue weighted by atomic mass is 10.5. The van der Waals surface area contributed by atoms with Gasteiger partial charge in [0.15, 0.2) is 5.82 Å². The fourth-order valence-corrected chi connectivity index (χ4v) is 2.17. The third-order valence-corrected chi connectivity index (χ3v) is 3.03. The van der Waals surface area contributed by atoms with Crippen LogP contribution in [-0.4, -0.2) is 24.7 Å². The zero-order chi connectivity index (χ0) is 10.3. The van der Waals surface area contributed by atoms with Crippen molar-refractivity contribution in [3.63, 3.8) is 0 Å². The van der Waals surface area contributed by atoms with Crippen LogP contribution in [0.15, 0.2) is 28.7 Å². The molecule has 0 unspecified atom stereocenters. The van der Waals surface area contributed by atoms with E-state index >= 15 is 0 Å². The molecule has 3 heterocycles. The highest BCUT2D eigenvalue weighted by atomic mass is 79.9. The quantitative estimate of drug-likeness (QED) is 0.685. The number of hydrogen-bond donors (Lipinski definition) is 0. The van der Waals surface area contributed by atoms with Crippen LogP contribution in [0, 0.1) is 0 Å². The fraction of sp³-hybridized carbons (Fsp3) is 0. The summed E-state index contributed by atoms with van der Waals surface area (Å²) in [6.45, 7) is 0. The molecule has 3 aromatic heterocycles. The van der Waals surface area contributed by atoms with Gasteiger partial charge in [-0.15, -0.1) is 11.3 Å². The smallest absolute Gasteiger partial charge is 0.184 e. The molecular weight excluding hydrogens is 278 g/mol. The van der Waals surface area contributed by atoms with E-state index in [1.165, 1.54) is 17.7 Å². The molecular formula is C8H4BrN5S. The highest BCUT2D eigenvalue weighted by Gasteiger charge is 2.08. The summed E-state index contributed by atoms with van der Waals surface area (Å²) in [6.07, 6.45) is 5.06. The normalized spacial score (nSPS) is 11.0. The number of fused-ring (bicyclic) bond motifs is 1. The van der Waals surface area contributed by atoms with E-state index in [0.29, 0.717) is 5.82 Å². The highest BCUT2D eigenvalue weighted by molar-refractivity contribution is 9.10. The van der Waals surface area contributed by atoms with Gasteiger partial charge in [0.1, 0.15) is 16.7 Å². The number of aromatic nitrogens is 5. The van der Waals surface area contributed by atoms with Gasteiger partial charge < -0.3 is 0 Å². The molecule has 5 nitrogen and oxygen atoms in total. The van der Waals surface area contributed by atoms with Gasteiger partial charge in [0.05, 0.1) is 16.2 Å². The minimum Gasteiger partial charge on any atom is -0.239 e. The maximum absolute atomic E-state index is 4.22. The third kappa shape index (κ3) is 1.44. The molecule has 0 spiro atoms. The maximum Gasteiger partial charge on any atom is 0.184 e. The first-order valence-corrected chi connectivity index (χ1v) is 5.76. The first-order chi connectivity index (χ1) is 7.34. The van der Waals surface area contributed by atoms with Crippen molar-refractivity contribution in [2.45, 2.75) is 0 Å². The van der Waals surface area contributed by atoms with Crippen LogP contribution < -0.4 is 0 Å². The van der Waals surface area contributed by atoms with Crippen LogP contribution >= 0.6 is 27.3 Å². The van der Waals surface area contributed by atoms with Crippen LogP contribution in [0.5, 0.6) is 0 Å². The van der Waals surface area contributed by atoms with E-state index in [1.807, 2.05) is 6.20 Å². The summed E-state index contributed by atoms with van der Waals surface area (Å²) >= 11 is 4.83. The summed E-state index contributed by atoms with van der Waals surface area (Å²) < 4.78 is 2.58. The lowest BCUT2D eigenvalue weighted by Crippen LogP contribution is -1.99. The molecule has 0 atom stereocenters. The Bertz CT molecular complexity index is 616. The molecule has 0 aliphatic carbocycles. The van der Waals surface area contributed by atoms with Crippen molar-refractivity contribution in [3.8, 4) is 5.82 Å². The standard InChI is InChI=1S/C8H4BrN5S/c9-5-1-13-14(2-5)7-6-8(11-3-10-7)15-4-12-6/h1-4H. The van der Waals surface area contributed by atoms with Gasteiger partial charge in [-0.1, -0.05) is 0 Å². The second-order valence-electron chi connectivity index (χ2n) is 2.81. The largest absolute Gasteiger partial charge is 0.239 e. The van der Waals surface area contributed by atoms with Crippen LogP contribution in [0.1, 0.15) is 0 Å². The van der Waals surface area contributed by atoms with Crippen molar-refractivity contribution in [2.24, 2.45) is 0 Å². The van der Waals surface area contributed by atoms with Crippen LogP contribution in [0.2, 0.25) is 0 Å². The molecule has 0 aliphatic heterocycles. The zero-order valence-corrected chi connectivity index (χ0v) is 9.73. The molecule has 15 heavy (non-hydrogen) atoms. The Kier molecular flexibility index (Phi) is 2.00. The Balaban J connectivity index is 2.30. The minimum atomic E-state index is 0.701. The Hall–Kier alpha value is -1.34. The number of hydrogen-bond acceptors (Lipinski definition) is 5. The Morgan fingerprint density at radius 1 is 1.27 bits per heavy atom. The van der Waals surface area contributed by atoms with Gasteiger partial charge in [-0.25, -0.2) is 19.6 Å². The van der Waals surface area contributed by atoms with Gasteiger partial charge in [-0.3, -0.25) is 0 Å². The number of halogens is 1. The van der Waals surface area contributed by atoms with Crippen LogP contribution in [-0.2, 0) is 0 Å². The number of nitrogens with zero attached hydrogens (tertiary/aromatic N) is 5. The van der Waals surface area contributed by atoms with Gasteiger partial charge in [-0.05, 0) is 15.9 Å². The van der Waals surface area contributed by atoms with Crippen molar-refractivity contribution in [3.05, 3.63) is 28.7 Å². The molecule has 3 rings (SSSR count). The fourth-order valence-electron chi connectivity index (χ4n) is 1.27. The van der Waals surface area contributed by atoms with Crippen molar-refractivity contribution in [1.82, 2.24) is 24.7 Å². The van der Waals surface area contributed by atoms with Crippen LogP contribution in [0.4, 0.5) is 0 Å². The lowest BCUT2D eigenvalue weighted by molar-refractivity contribution is 0.848. The van der Waals surface area contributed by atoms with Gasteiger partial charge in [0.25, 0.3) is 0 Å². The highest BCUT2D eigenvalue weighted by Crippen LogP contribution is 2.20. The molecule has 0 radical (unpaired) electrons. The van der Waals surface area contributed by atoms with Crippen molar-refractivity contribution in [2.75, 3.05) is 0 Å². The van der Waals surface area contributed by atoms with E-state index in [4.69, 9.17) is 0 Å². The van der Waals surface area contributed by atoms with Crippen LogP contribution in [0.3, 0.4) is 0 Å². The average Bonchev–Trinajstić information content (AvgIpc) is 2.84. The van der Waals surface area contributed by atoms with Crippen molar-refractivity contribution < 1.29 is 0 Å². The molecule has 0 saturated carbocycles. The predicted molar refractivity (Wildman–Crippen MR) is 60.0 cm³/mol. The van der Waals surface area contributed by atoms with E-state index in [2.05, 4.69) is 36.0 Å². The summed E-state index contributed by atoms with van der Waals surface area (Å²) in [5, 5.41) is 4.16. The Labute approximate surface area is 96.9 Å². The first-order valence-electron chi connectivity index (χ1n) is 4.09. The summed E-state index contributed by atoms with van der Waals surface area (Å²) in [4.78, 5) is 13.4. The third-order valence-electron chi connectivity index (χ3n) is 1.88. The van der Waals surface area contributed by atoms with Gasteiger partial charge >= 0.3 is 0 Å². The monoisotopic (exact) mass is 281 g/mol. The minimum absolute atomic E-state index is 0.701. The summed E-state index contributed by atoms with van der Waals surface area (Å²) in [5.74, 6) is 0.701. The average molecular weight is 282 g/mol. The van der Waals surface area contributed by atoms with E-state index in [9.17, 15) is 0 Å². The molecule has 0 amide bonds. The topological polar surface area (TPSA) is 56.5 Å². The Morgan fingerprint density at radius 3 is 3.00 bits per heavy atom.